The minimum Gasteiger partial charge on any atom is -0.341 e. The summed E-state index contributed by atoms with van der Waals surface area (Å²) < 4.78 is 1.98. The minimum atomic E-state index is -0.158. The van der Waals surface area contributed by atoms with E-state index in [0.29, 0.717) is 0 Å². The quantitative estimate of drug-likeness (QED) is 0.870. The van der Waals surface area contributed by atoms with Crippen molar-refractivity contribution in [2.45, 2.75) is 38.8 Å². The van der Waals surface area contributed by atoms with Gasteiger partial charge in [-0.25, -0.2) is 4.98 Å². The summed E-state index contributed by atoms with van der Waals surface area (Å²) in [7, 11) is 1.97. The monoisotopic (exact) mass is 250 g/mol. The second-order valence-corrected chi connectivity index (χ2v) is 5.04. The average Bonchev–Trinajstić information content (AvgIpc) is 2.98. The highest BCUT2D eigenvalue weighted by molar-refractivity contribution is 5.81. The second-order valence-electron chi connectivity index (χ2n) is 5.04. The molecule has 100 valence electrons. The zero-order valence-electron chi connectivity index (χ0n) is 11.4. The van der Waals surface area contributed by atoms with Gasteiger partial charge in [-0.05, 0) is 26.7 Å². The van der Waals surface area contributed by atoms with Crippen molar-refractivity contribution in [1.82, 2.24) is 19.8 Å². The standard InChI is InChI=1S/C13H22N4O/c1-10(12-14-6-9-16(12)3)15-11(2)13(18)17-7-4-5-8-17/h6,9-11,15H,4-5,7-8H2,1-3H3. The molecule has 1 fully saturated rings. The summed E-state index contributed by atoms with van der Waals surface area (Å²) in [5, 5.41) is 3.33. The summed E-state index contributed by atoms with van der Waals surface area (Å²) in [6.07, 6.45) is 5.96. The Labute approximate surface area is 108 Å². The molecule has 1 N–H and O–H groups in total. The van der Waals surface area contributed by atoms with Gasteiger partial charge in [-0.15, -0.1) is 0 Å². The lowest BCUT2D eigenvalue weighted by atomic mass is 10.2. The summed E-state index contributed by atoms with van der Waals surface area (Å²) in [6, 6.07) is -0.0821. The van der Waals surface area contributed by atoms with Crippen LogP contribution in [-0.2, 0) is 11.8 Å². The number of hydrogen-bond donors (Lipinski definition) is 1. The first-order valence-corrected chi connectivity index (χ1v) is 6.61. The first-order chi connectivity index (χ1) is 8.59. The first-order valence-electron chi connectivity index (χ1n) is 6.61. The van der Waals surface area contributed by atoms with Crippen molar-refractivity contribution >= 4 is 5.91 Å². The van der Waals surface area contributed by atoms with Crippen LogP contribution < -0.4 is 5.32 Å². The number of rotatable bonds is 4. The normalized spacial score (nSPS) is 18.9. The smallest absolute Gasteiger partial charge is 0.239 e. The first kappa shape index (κ1) is 13.1. The van der Waals surface area contributed by atoms with Crippen LogP contribution in [0.3, 0.4) is 0 Å². The van der Waals surface area contributed by atoms with Crippen LogP contribution in [0.5, 0.6) is 0 Å². The lowest BCUT2D eigenvalue weighted by Gasteiger charge is -2.24. The van der Waals surface area contributed by atoms with Gasteiger partial charge < -0.3 is 9.47 Å². The Hall–Kier alpha value is -1.36. The summed E-state index contributed by atoms with van der Waals surface area (Å²) in [5.74, 6) is 1.16. The number of aryl methyl sites for hydroxylation is 1. The van der Waals surface area contributed by atoms with Crippen LogP contribution in [0.4, 0.5) is 0 Å². The average molecular weight is 250 g/mol. The third-order valence-corrected chi connectivity index (χ3v) is 3.53. The molecule has 0 aromatic carbocycles. The third-order valence-electron chi connectivity index (χ3n) is 3.53. The van der Waals surface area contributed by atoms with Gasteiger partial charge in [0.15, 0.2) is 0 Å². The van der Waals surface area contributed by atoms with Crippen LogP contribution in [-0.4, -0.2) is 39.5 Å². The fourth-order valence-corrected chi connectivity index (χ4v) is 2.53. The van der Waals surface area contributed by atoms with Gasteiger partial charge in [0, 0.05) is 32.5 Å². The Morgan fingerprint density at radius 3 is 2.61 bits per heavy atom. The van der Waals surface area contributed by atoms with E-state index in [1.807, 2.05) is 36.6 Å². The molecule has 0 spiro atoms. The van der Waals surface area contributed by atoms with Gasteiger partial charge in [0.1, 0.15) is 5.82 Å². The van der Waals surface area contributed by atoms with Crippen molar-refractivity contribution in [2.24, 2.45) is 7.05 Å². The maximum atomic E-state index is 12.2. The number of carbonyl (C=O) groups is 1. The molecule has 2 heterocycles. The Balaban J connectivity index is 1.92. The molecule has 0 radical (unpaired) electrons. The molecule has 0 aliphatic carbocycles. The summed E-state index contributed by atoms with van der Waals surface area (Å²) >= 11 is 0. The van der Waals surface area contributed by atoms with Crippen molar-refractivity contribution in [2.75, 3.05) is 13.1 Å². The number of likely N-dealkylation sites (tertiary alicyclic amines) is 1. The van der Waals surface area contributed by atoms with Crippen molar-refractivity contribution in [3.63, 3.8) is 0 Å². The molecule has 1 saturated heterocycles. The predicted molar refractivity (Wildman–Crippen MR) is 70.0 cm³/mol. The molecule has 1 aromatic rings. The molecule has 0 saturated carbocycles. The molecular formula is C13H22N4O. The molecule has 1 aliphatic rings. The summed E-state index contributed by atoms with van der Waals surface area (Å²) in [4.78, 5) is 18.4. The molecule has 1 aliphatic heterocycles. The van der Waals surface area contributed by atoms with Gasteiger partial charge in [0.2, 0.25) is 5.91 Å². The van der Waals surface area contributed by atoms with Crippen LogP contribution in [0, 0.1) is 0 Å². The van der Waals surface area contributed by atoms with Gasteiger partial charge in [-0.3, -0.25) is 10.1 Å². The van der Waals surface area contributed by atoms with E-state index in [4.69, 9.17) is 0 Å². The number of aromatic nitrogens is 2. The van der Waals surface area contributed by atoms with Gasteiger partial charge in [-0.1, -0.05) is 0 Å². The zero-order chi connectivity index (χ0) is 13.1. The van der Waals surface area contributed by atoms with Crippen LogP contribution >= 0.6 is 0 Å². The van der Waals surface area contributed by atoms with Crippen LogP contribution in [0.2, 0.25) is 0 Å². The minimum absolute atomic E-state index is 0.0755. The SMILES string of the molecule is CC(NC(C)c1nccn1C)C(=O)N1CCCC1. The van der Waals surface area contributed by atoms with E-state index in [1.165, 1.54) is 0 Å². The van der Waals surface area contributed by atoms with Crippen LogP contribution in [0.25, 0.3) is 0 Å². The number of imidazole rings is 1. The second kappa shape index (κ2) is 5.52. The largest absolute Gasteiger partial charge is 0.341 e. The van der Waals surface area contributed by atoms with E-state index in [1.54, 1.807) is 6.20 Å². The zero-order valence-corrected chi connectivity index (χ0v) is 11.4. The fourth-order valence-electron chi connectivity index (χ4n) is 2.53. The number of hydrogen-bond acceptors (Lipinski definition) is 3. The Kier molecular flexibility index (Phi) is 4.01. The number of nitrogens with zero attached hydrogens (tertiary/aromatic N) is 3. The van der Waals surface area contributed by atoms with E-state index in [9.17, 15) is 4.79 Å². The number of carbonyl (C=O) groups excluding carboxylic acids is 1. The third kappa shape index (κ3) is 2.72. The van der Waals surface area contributed by atoms with E-state index >= 15 is 0 Å². The van der Waals surface area contributed by atoms with Crippen LogP contribution in [0.1, 0.15) is 38.6 Å². The molecular weight excluding hydrogens is 228 g/mol. The Bertz CT molecular complexity index is 409. The summed E-state index contributed by atoms with van der Waals surface area (Å²) in [6.45, 7) is 5.78. The van der Waals surface area contributed by atoms with Crippen molar-refractivity contribution in [3.8, 4) is 0 Å². The van der Waals surface area contributed by atoms with Gasteiger partial charge >= 0.3 is 0 Å². The highest BCUT2D eigenvalue weighted by Crippen LogP contribution is 2.13. The molecule has 0 bridgehead atoms. The molecule has 2 unspecified atom stereocenters. The highest BCUT2D eigenvalue weighted by atomic mass is 16.2. The molecule has 1 aromatic heterocycles. The van der Waals surface area contributed by atoms with Crippen LogP contribution in [0.15, 0.2) is 12.4 Å². The van der Waals surface area contributed by atoms with E-state index in [-0.39, 0.29) is 18.0 Å². The molecule has 1 amide bonds. The molecule has 2 rings (SSSR count). The Morgan fingerprint density at radius 2 is 2.06 bits per heavy atom. The predicted octanol–water partition coefficient (Wildman–Crippen LogP) is 1.08. The highest BCUT2D eigenvalue weighted by Gasteiger charge is 2.25. The van der Waals surface area contributed by atoms with E-state index < -0.39 is 0 Å². The molecule has 5 heteroatoms. The molecule has 2 atom stereocenters. The summed E-state index contributed by atoms with van der Waals surface area (Å²) in [5.41, 5.74) is 0. The fraction of sp³-hybridized carbons (Fsp3) is 0.692. The lowest BCUT2D eigenvalue weighted by Crippen LogP contribution is -2.44. The lowest BCUT2D eigenvalue weighted by molar-refractivity contribution is -0.132. The van der Waals surface area contributed by atoms with E-state index in [0.717, 1.165) is 31.8 Å². The molecule has 5 nitrogen and oxygen atoms in total. The van der Waals surface area contributed by atoms with Gasteiger partial charge in [0.25, 0.3) is 0 Å². The topological polar surface area (TPSA) is 50.2 Å². The molecule has 18 heavy (non-hydrogen) atoms. The van der Waals surface area contributed by atoms with Crippen molar-refractivity contribution < 1.29 is 4.79 Å². The Morgan fingerprint density at radius 1 is 1.39 bits per heavy atom. The van der Waals surface area contributed by atoms with Gasteiger partial charge in [-0.2, -0.15) is 0 Å². The van der Waals surface area contributed by atoms with E-state index in [2.05, 4.69) is 10.3 Å². The maximum Gasteiger partial charge on any atom is 0.239 e. The maximum absolute atomic E-state index is 12.2. The van der Waals surface area contributed by atoms with Crippen molar-refractivity contribution in [3.05, 3.63) is 18.2 Å². The number of amides is 1. The number of nitrogens with one attached hydrogen (secondary N) is 1. The van der Waals surface area contributed by atoms with Gasteiger partial charge in [0.05, 0.1) is 12.1 Å². The van der Waals surface area contributed by atoms with Crippen molar-refractivity contribution in [1.29, 1.82) is 0 Å².